The van der Waals surface area contributed by atoms with Gasteiger partial charge in [-0.25, -0.2) is 0 Å². The molecule has 0 saturated carbocycles. The van der Waals surface area contributed by atoms with Crippen LogP contribution in [0, 0.1) is 11.8 Å². The van der Waals surface area contributed by atoms with Crippen molar-refractivity contribution in [2.75, 3.05) is 52.6 Å². The molecule has 4 aliphatic rings. The molecule has 0 bridgehead atoms. The Balaban J connectivity index is 1.05. The second kappa shape index (κ2) is 9.61. The molecule has 3 aliphatic heterocycles. The molecule has 1 aromatic carbocycles. The summed E-state index contributed by atoms with van der Waals surface area (Å²) in [6, 6.07) is 6.19. The third-order valence-electron chi connectivity index (χ3n) is 7.36. The Kier molecular flexibility index (Phi) is 6.46. The highest BCUT2D eigenvalue weighted by Crippen LogP contribution is 2.33. The Bertz CT molecular complexity index is 795. The van der Waals surface area contributed by atoms with Crippen molar-refractivity contribution in [1.82, 2.24) is 14.7 Å². The summed E-state index contributed by atoms with van der Waals surface area (Å²) in [5, 5.41) is 0. The van der Waals surface area contributed by atoms with Crippen LogP contribution in [0.4, 0.5) is 0 Å². The maximum absolute atomic E-state index is 13.1. The van der Waals surface area contributed by atoms with Gasteiger partial charge in [-0.05, 0) is 68.8 Å². The first-order valence-corrected chi connectivity index (χ1v) is 12.0. The third kappa shape index (κ3) is 5.07. The minimum absolute atomic E-state index is 0.225. The van der Waals surface area contributed by atoms with E-state index in [-0.39, 0.29) is 5.92 Å². The number of carbonyl (C=O) groups is 1. The minimum atomic E-state index is 0.225. The third-order valence-corrected chi connectivity index (χ3v) is 7.36. The smallest absolute Gasteiger partial charge is 0.231 e. The topological polar surface area (TPSA) is 45.3 Å². The summed E-state index contributed by atoms with van der Waals surface area (Å²) in [4.78, 5) is 20.2. The zero-order valence-electron chi connectivity index (χ0n) is 18.5. The molecular formula is C25H35N3O3. The second-order valence-electron chi connectivity index (χ2n) is 9.51. The number of piperazine rings is 1. The molecule has 0 N–H and O–H groups in total. The summed E-state index contributed by atoms with van der Waals surface area (Å²) in [6.07, 6.45) is 10.5. The Morgan fingerprint density at radius 1 is 0.903 bits per heavy atom. The van der Waals surface area contributed by atoms with Crippen LogP contribution in [0.2, 0.25) is 0 Å². The predicted molar refractivity (Wildman–Crippen MR) is 120 cm³/mol. The SMILES string of the molecule is O=C(C1CCN(C[C@H]2CC=CCC2)CC1)N1CCN(Cc2ccc3c(c2)OCO3)CC1. The first kappa shape index (κ1) is 20.8. The van der Waals surface area contributed by atoms with Crippen molar-refractivity contribution in [2.45, 2.75) is 38.6 Å². The Hall–Kier alpha value is -2.05. The van der Waals surface area contributed by atoms with Gasteiger partial charge >= 0.3 is 0 Å². The highest BCUT2D eigenvalue weighted by Gasteiger charge is 2.31. The van der Waals surface area contributed by atoms with Crippen molar-refractivity contribution in [3.05, 3.63) is 35.9 Å². The first-order valence-electron chi connectivity index (χ1n) is 12.0. The molecule has 6 nitrogen and oxygen atoms in total. The number of nitrogens with zero attached hydrogens (tertiary/aromatic N) is 3. The molecular weight excluding hydrogens is 390 g/mol. The van der Waals surface area contributed by atoms with E-state index in [1.165, 1.54) is 31.4 Å². The van der Waals surface area contributed by atoms with E-state index in [1.807, 2.05) is 6.07 Å². The summed E-state index contributed by atoms with van der Waals surface area (Å²) in [7, 11) is 0. The van der Waals surface area contributed by atoms with E-state index in [0.29, 0.717) is 12.7 Å². The van der Waals surface area contributed by atoms with Crippen LogP contribution in [-0.4, -0.2) is 73.2 Å². The van der Waals surface area contributed by atoms with Gasteiger partial charge in [0.05, 0.1) is 0 Å². The van der Waals surface area contributed by atoms with E-state index in [1.54, 1.807) is 0 Å². The highest BCUT2D eigenvalue weighted by atomic mass is 16.7. The molecule has 1 aromatic rings. The van der Waals surface area contributed by atoms with E-state index in [2.05, 4.69) is 39.0 Å². The number of carbonyl (C=O) groups excluding carboxylic acids is 1. The molecule has 2 fully saturated rings. The molecule has 1 aliphatic carbocycles. The molecule has 3 heterocycles. The molecule has 0 aromatic heterocycles. The van der Waals surface area contributed by atoms with Gasteiger partial charge in [0.15, 0.2) is 11.5 Å². The van der Waals surface area contributed by atoms with Crippen LogP contribution in [0.15, 0.2) is 30.4 Å². The summed E-state index contributed by atoms with van der Waals surface area (Å²) in [6.45, 7) is 8.16. The number of piperidine rings is 1. The van der Waals surface area contributed by atoms with Crippen molar-refractivity contribution in [3.63, 3.8) is 0 Å². The Morgan fingerprint density at radius 3 is 2.48 bits per heavy atom. The first-order chi connectivity index (χ1) is 15.2. The molecule has 2 saturated heterocycles. The van der Waals surface area contributed by atoms with Crippen LogP contribution in [0.25, 0.3) is 0 Å². The fourth-order valence-corrected chi connectivity index (χ4v) is 5.43. The summed E-state index contributed by atoms with van der Waals surface area (Å²) < 4.78 is 10.9. The van der Waals surface area contributed by atoms with Crippen LogP contribution < -0.4 is 9.47 Å². The fourth-order valence-electron chi connectivity index (χ4n) is 5.43. The normalized spacial score (nSPS) is 25.2. The average molecular weight is 426 g/mol. The molecule has 1 atom stereocenters. The molecule has 168 valence electrons. The number of rotatable bonds is 5. The van der Waals surface area contributed by atoms with Crippen molar-refractivity contribution >= 4 is 5.91 Å². The number of fused-ring (bicyclic) bond motifs is 1. The van der Waals surface area contributed by atoms with Crippen molar-refractivity contribution in [1.29, 1.82) is 0 Å². The molecule has 0 unspecified atom stereocenters. The van der Waals surface area contributed by atoms with Gasteiger partial charge in [0.25, 0.3) is 0 Å². The van der Waals surface area contributed by atoms with E-state index in [9.17, 15) is 4.79 Å². The van der Waals surface area contributed by atoms with Gasteiger partial charge in [0.2, 0.25) is 12.7 Å². The summed E-state index contributed by atoms with van der Waals surface area (Å²) in [5.74, 6) is 3.11. The molecule has 0 spiro atoms. The lowest BCUT2D eigenvalue weighted by molar-refractivity contribution is -0.139. The lowest BCUT2D eigenvalue weighted by Gasteiger charge is -2.39. The molecule has 0 radical (unpaired) electrons. The highest BCUT2D eigenvalue weighted by molar-refractivity contribution is 5.79. The van der Waals surface area contributed by atoms with Gasteiger partial charge in [0, 0.05) is 45.2 Å². The van der Waals surface area contributed by atoms with Gasteiger partial charge in [-0.3, -0.25) is 9.69 Å². The number of allylic oxidation sites excluding steroid dienone is 2. The predicted octanol–water partition coefficient (Wildman–Crippen LogP) is 3.13. The van der Waals surface area contributed by atoms with Crippen molar-refractivity contribution in [2.24, 2.45) is 11.8 Å². The van der Waals surface area contributed by atoms with Gasteiger partial charge < -0.3 is 19.3 Å². The van der Waals surface area contributed by atoms with Gasteiger partial charge in [0.1, 0.15) is 0 Å². The van der Waals surface area contributed by atoms with Crippen LogP contribution in [0.5, 0.6) is 11.5 Å². The Labute approximate surface area is 185 Å². The van der Waals surface area contributed by atoms with Crippen LogP contribution >= 0.6 is 0 Å². The number of hydrogen-bond donors (Lipinski definition) is 0. The van der Waals surface area contributed by atoms with Crippen molar-refractivity contribution in [3.8, 4) is 11.5 Å². The quantitative estimate of drug-likeness (QED) is 0.679. The van der Waals surface area contributed by atoms with E-state index < -0.39 is 0 Å². The van der Waals surface area contributed by atoms with Gasteiger partial charge in [-0.1, -0.05) is 18.2 Å². The van der Waals surface area contributed by atoms with E-state index >= 15 is 0 Å². The van der Waals surface area contributed by atoms with E-state index in [4.69, 9.17) is 9.47 Å². The number of amides is 1. The standard InChI is InChI=1S/C25H35N3O3/c29-25(22-8-10-26(11-9-22)17-20-4-2-1-3-5-20)28-14-12-27(13-15-28)18-21-6-7-23-24(16-21)31-19-30-23/h1-2,6-7,16,20,22H,3-5,8-15,17-19H2/t20-/m0/s1. The maximum atomic E-state index is 13.1. The molecule has 1 amide bonds. The van der Waals surface area contributed by atoms with Gasteiger partial charge in [-0.15, -0.1) is 0 Å². The molecule has 5 rings (SSSR count). The van der Waals surface area contributed by atoms with E-state index in [0.717, 1.165) is 76.1 Å². The summed E-state index contributed by atoms with van der Waals surface area (Å²) in [5.41, 5.74) is 1.24. The summed E-state index contributed by atoms with van der Waals surface area (Å²) >= 11 is 0. The molecule has 31 heavy (non-hydrogen) atoms. The van der Waals surface area contributed by atoms with Crippen molar-refractivity contribution < 1.29 is 14.3 Å². The van der Waals surface area contributed by atoms with Crippen LogP contribution in [-0.2, 0) is 11.3 Å². The number of hydrogen-bond acceptors (Lipinski definition) is 5. The number of benzene rings is 1. The monoisotopic (exact) mass is 425 g/mol. The minimum Gasteiger partial charge on any atom is -0.454 e. The average Bonchev–Trinajstić information content (AvgIpc) is 3.28. The zero-order chi connectivity index (χ0) is 21.0. The maximum Gasteiger partial charge on any atom is 0.231 e. The van der Waals surface area contributed by atoms with Gasteiger partial charge in [-0.2, -0.15) is 0 Å². The Morgan fingerprint density at radius 2 is 1.71 bits per heavy atom. The second-order valence-corrected chi connectivity index (χ2v) is 9.51. The fraction of sp³-hybridized carbons (Fsp3) is 0.640. The lowest BCUT2D eigenvalue weighted by Crippen LogP contribution is -2.51. The molecule has 6 heteroatoms. The van der Waals surface area contributed by atoms with Crippen LogP contribution in [0.3, 0.4) is 0 Å². The zero-order valence-corrected chi connectivity index (χ0v) is 18.5. The lowest BCUT2D eigenvalue weighted by atomic mass is 9.91. The number of likely N-dealkylation sites (tertiary alicyclic amines) is 1. The largest absolute Gasteiger partial charge is 0.454 e. The number of ether oxygens (including phenoxy) is 2. The van der Waals surface area contributed by atoms with Crippen LogP contribution in [0.1, 0.15) is 37.7 Å².